The molecule has 0 aliphatic carbocycles. The number of rotatable bonds is 0. The van der Waals surface area contributed by atoms with E-state index in [2.05, 4.69) is 0 Å². The molecule has 0 aromatic heterocycles. The van der Waals surface area contributed by atoms with Crippen LogP contribution in [0, 0.1) is 11.8 Å². The molecule has 2 unspecified atom stereocenters. The summed E-state index contributed by atoms with van der Waals surface area (Å²) in [6.07, 6.45) is -5.91. The normalized spacial score (nSPS) is 31.7. The van der Waals surface area contributed by atoms with E-state index >= 15 is 0 Å². The molecule has 7 heteroatoms. The van der Waals surface area contributed by atoms with Gasteiger partial charge >= 0.3 is 12.4 Å². The molecule has 0 amide bonds. The maximum atomic E-state index is 13.1. The van der Waals surface area contributed by atoms with E-state index in [1.807, 2.05) is 0 Å². The van der Waals surface area contributed by atoms with E-state index in [1.165, 1.54) is 0 Å². The Morgan fingerprint density at radius 2 is 0.952 bits per heavy atom. The maximum absolute atomic E-state index is 13.1. The van der Waals surface area contributed by atoms with Crippen LogP contribution in [-0.2, 0) is 0 Å². The minimum Gasteiger partial charge on any atom is -0.171 e. The summed E-state index contributed by atoms with van der Waals surface area (Å²) < 4.78 is 78.3. The van der Waals surface area contributed by atoms with Gasteiger partial charge in [-0.3, -0.25) is 0 Å². The Kier molecular flexibility index (Phi) is 5.00. The van der Waals surface area contributed by atoms with Crippen molar-refractivity contribution in [3.63, 3.8) is 0 Å². The molecule has 0 radical (unpaired) electrons. The van der Waals surface area contributed by atoms with Crippen molar-refractivity contribution >= 4 is 8.07 Å². The van der Waals surface area contributed by atoms with Gasteiger partial charge in [-0.15, -0.1) is 0 Å². The quantitative estimate of drug-likeness (QED) is 0.368. The molecule has 2 atom stereocenters. The first-order valence-electron chi connectivity index (χ1n) is 7.78. The van der Waals surface area contributed by atoms with Gasteiger partial charge in [0, 0.05) is 0 Å². The highest BCUT2D eigenvalue weighted by Gasteiger charge is 2.56. The molecule has 124 valence electrons. The third-order valence-corrected chi connectivity index (χ3v) is 11.0. The van der Waals surface area contributed by atoms with Crippen molar-refractivity contribution in [3.05, 3.63) is 0 Å². The summed E-state index contributed by atoms with van der Waals surface area (Å²) in [5, 5.41) is 0. The van der Waals surface area contributed by atoms with Crippen LogP contribution in [0.5, 0.6) is 0 Å². The van der Waals surface area contributed by atoms with Gasteiger partial charge in [-0.1, -0.05) is 49.9 Å². The van der Waals surface area contributed by atoms with Crippen LogP contribution in [0.3, 0.4) is 0 Å². The fraction of sp³-hybridized carbons (Fsp3) is 1.00. The minimum absolute atomic E-state index is 0.306. The molecule has 0 bridgehead atoms. The number of halogens is 6. The summed E-state index contributed by atoms with van der Waals surface area (Å²) in [5.41, 5.74) is 0. The van der Waals surface area contributed by atoms with Crippen molar-refractivity contribution in [1.29, 1.82) is 0 Å². The van der Waals surface area contributed by atoms with Gasteiger partial charge in [-0.05, 0) is 12.8 Å². The Labute approximate surface area is 122 Å². The van der Waals surface area contributed by atoms with Gasteiger partial charge in [-0.2, -0.15) is 26.3 Å². The molecule has 21 heavy (non-hydrogen) atoms. The molecule has 2 rings (SSSR count). The van der Waals surface area contributed by atoms with E-state index in [0.29, 0.717) is 12.1 Å². The fourth-order valence-corrected chi connectivity index (χ4v) is 9.56. The molecular weight excluding hydrogens is 310 g/mol. The van der Waals surface area contributed by atoms with E-state index in [1.54, 1.807) is 0 Å². The summed E-state index contributed by atoms with van der Waals surface area (Å²) in [6, 6.07) is 2.73. The minimum atomic E-state index is -4.73. The lowest BCUT2D eigenvalue weighted by Gasteiger charge is -2.29. The second kappa shape index (κ2) is 6.12. The Bertz CT molecular complexity index is 314. The predicted molar refractivity (Wildman–Crippen MR) is 71.8 cm³/mol. The lowest BCUT2D eigenvalue weighted by Crippen LogP contribution is -2.38. The zero-order valence-corrected chi connectivity index (χ0v) is 13.0. The van der Waals surface area contributed by atoms with Crippen molar-refractivity contribution in [1.82, 2.24) is 0 Å². The van der Waals surface area contributed by atoms with Crippen LogP contribution in [-0.4, -0.2) is 20.4 Å². The second-order valence-electron chi connectivity index (χ2n) is 6.79. The summed E-state index contributed by atoms with van der Waals surface area (Å²) in [7, 11) is -1.91. The first kappa shape index (κ1) is 17.2. The summed E-state index contributed by atoms with van der Waals surface area (Å²) in [6.45, 7) is 0. The van der Waals surface area contributed by atoms with Crippen molar-refractivity contribution in [2.75, 3.05) is 0 Å². The topological polar surface area (TPSA) is 0 Å². The highest BCUT2D eigenvalue weighted by molar-refractivity contribution is 6.80. The van der Waals surface area contributed by atoms with E-state index in [4.69, 9.17) is 0 Å². The van der Waals surface area contributed by atoms with Crippen LogP contribution in [0.25, 0.3) is 0 Å². The van der Waals surface area contributed by atoms with Gasteiger partial charge in [-0.25, -0.2) is 0 Å². The zero-order valence-electron chi connectivity index (χ0n) is 12.0. The lowest BCUT2D eigenvalue weighted by molar-refractivity contribution is -0.254. The van der Waals surface area contributed by atoms with Crippen molar-refractivity contribution < 1.29 is 26.3 Å². The number of hydrogen-bond acceptors (Lipinski definition) is 0. The zero-order chi connectivity index (χ0) is 15.7. The average molecular weight is 332 g/mol. The summed E-state index contributed by atoms with van der Waals surface area (Å²) in [4.78, 5) is 0. The van der Waals surface area contributed by atoms with Crippen LogP contribution in [0.2, 0.25) is 24.2 Å². The Morgan fingerprint density at radius 1 is 0.571 bits per heavy atom. The van der Waals surface area contributed by atoms with Crippen LogP contribution >= 0.6 is 0 Å². The molecule has 0 nitrogen and oxygen atoms in total. The Balaban J connectivity index is 2.20. The van der Waals surface area contributed by atoms with Gasteiger partial charge in [0.15, 0.2) is 0 Å². The molecule has 2 saturated heterocycles. The summed E-state index contributed by atoms with van der Waals surface area (Å²) >= 11 is 0. The second-order valence-corrected chi connectivity index (χ2v) is 11.8. The molecule has 2 heterocycles. The van der Waals surface area contributed by atoms with Gasteiger partial charge in [0.2, 0.25) is 0 Å². The van der Waals surface area contributed by atoms with E-state index in [0.717, 1.165) is 37.8 Å². The fourth-order valence-electron chi connectivity index (χ4n) is 4.21. The van der Waals surface area contributed by atoms with Crippen LogP contribution in [0.4, 0.5) is 26.3 Å². The standard InChI is InChI=1S/C14H22F6Si/c15-13(16,17)11-5-9-21(7-3-1-2-4-8-21)10-6-12(11)14(18,19)20/h11-12H,1-10H2. The first-order chi connectivity index (χ1) is 9.64. The van der Waals surface area contributed by atoms with E-state index in [-0.39, 0.29) is 12.8 Å². The molecule has 2 aliphatic rings. The third-order valence-electron chi connectivity index (χ3n) is 5.46. The van der Waals surface area contributed by atoms with Gasteiger partial charge in [0.25, 0.3) is 0 Å². The number of hydrogen-bond donors (Lipinski definition) is 0. The monoisotopic (exact) mass is 332 g/mol. The smallest absolute Gasteiger partial charge is 0.171 e. The van der Waals surface area contributed by atoms with Crippen molar-refractivity contribution in [2.45, 2.75) is 75.1 Å². The van der Waals surface area contributed by atoms with Crippen molar-refractivity contribution in [3.8, 4) is 0 Å². The SMILES string of the molecule is FC(F)(F)C1CC[Si]2(CCCCCC2)CCC1C(F)(F)F. The van der Waals surface area contributed by atoms with Crippen molar-refractivity contribution in [2.24, 2.45) is 11.8 Å². The molecule has 0 aromatic rings. The largest absolute Gasteiger partial charge is 0.392 e. The molecule has 0 N–H and O–H groups in total. The molecular formula is C14H22F6Si. The first-order valence-corrected chi connectivity index (χ1v) is 10.6. The van der Waals surface area contributed by atoms with Crippen LogP contribution in [0.15, 0.2) is 0 Å². The average Bonchev–Trinajstić information content (AvgIpc) is 2.67. The van der Waals surface area contributed by atoms with Crippen LogP contribution in [0.1, 0.15) is 38.5 Å². The van der Waals surface area contributed by atoms with E-state index < -0.39 is 32.3 Å². The van der Waals surface area contributed by atoms with Crippen LogP contribution < -0.4 is 0 Å². The highest BCUT2D eigenvalue weighted by Crippen LogP contribution is 2.51. The summed E-state index contributed by atoms with van der Waals surface area (Å²) in [5.74, 6) is -4.37. The Morgan fingerprint density at radius 3 is 1.29 bits per heavy atom. The Hall–Kier alpha value is -0.203. The predicted octanol–water partition coefficient (Wildman–Crippen LogP) is 6.16. The van der Waals surface area contributed by atoms with E-state index in [9.17, 15) is 26.3 Å². The molecule has 2 fully saturated rings. The maximum Gasteiger partial charge on any atom is 0.392 e. The van der Waals surface area contributed by atoms with Gasteiger partial charge < -0.3 is 0 Å². The van der Waals surface area contributed by atoms with Gasteiger partial charge in [0.05, 0.1) is 19.9 Å². The molecule has 2 aliphatic heterocycles. The highest BCUT2D eigenvalue weighted by atomic mass is 28.3. The molecule has 0 saturated carbocycles. The molecule has 0 aromatic carbocycles. The molecule has 1 spiro atoms. The third kappa shape index (κ3) is 4.17. The van der Waals surface area contributed by atoms with Gasteiger partial charge in [0.1, 0.15) is 0 Å². The lowest BCUT2D eigenvalue weighted by atomic mass is 9.87. The number of alkyl halides is 6.